The summed E-state index contributed by atoms with van der Waals surface area (Å²) in [5.74, 6) is 7.09. The van der Waals surface area contributed by atoms with Gasteiger partial charge in [-0.25, -0.2) is 4.39 Å². The first-order valence-electron chi connectivity index (χ1n) is 8.39. The van der Waals surface area contributed by atoms with Crippen LogP contribution in [0.15, 0.2) is 42.5 Å². The highest BCUT2D eigenvalue weighted by atomic mass is 19.1. The van der Waals surface area contributed by atoms with Gasteiger partial charge in [-0.2, -0.15) is 0 Å². The van der Waals surface area contributed by atoms with E-state index in [1.54, 1.807) is 12.1 Å². The first kappa shape index (κ1) is 17.5. The normalized spacial score (nSPS) is 14.6. The summed E-state index contributed by atoms with van der Waals surface area (Å²) < 4.78 is 24.2. The summed E-state index contributed by atoms with van der Waals surface area (Å²) in [5, 5.41) is 0. The predicted molar refractivity (Wildman–Crippen MR) is 96.1 cm³/mol. The molecule has 1 fully saturated rings. The lowest BCUT2D eigenvalue weighted by atomic mass is 10.1. The number of hydrogen-bond acceptors (Lipinski definition) is 3. The van der Waals surface area contributed by atoms with Crippen LogP contribution in [-0.2, 0) is 4.74 Å². The van der Waals surface area contributed by atoms with Gasteiger partial charge in [-0.3, -0.25) is 4.90 Å². The number of halogens is 1. The molecule has 129 valence electrons. The lowest BCUT2D eigenvalue weighted by Gasteiger charge is -2.25. The van der Waals surface area contributed by atoms with Gasteiger partial charge in [-0.15, -0.1) is 0 Å². The van der Waals surface area contributed by atoms with Gasteiger partial charge in [0.05, 0.1) is 13.2 Å². The molecule has 2 aromatic carbocycles. The molecule has 0 aromatic heterocycles. The third-order valence-electron chi connectivity index (χ3n) is 3.97. The second kappa shape index (κ2) is 8.66. The molecule has 0 aliphatic carbocycles. The molecule has 0 bridgehead atoms. The molecule has 1 saturated heterocycles. The monoisotopic (exact) mass is 338 g/mol. The topological polar surface area (TPSA) is 21.7 Å². The first-order chi connectivity index (χ1) is 12.2. The molecular weight excluding hydrogens is 317 g/mol. The first-order valence-corrected chi connectivity index (χ1v) is 8.39. The summed E-state index contributed by atoms with van der Waals surface area (Å²) in [6.45, 7) is 8.55. The van der Waals surface area contributed by atoms with Crippen molar-refractivity contribution in [1.29, 1.82) is 0 Å². The van der Waals surface area contributed by atoms with Gasteiger partial charge in [-0.05, 0) is 42.8 Å². The van der Waals surface area contributed by atoms with E-state index in [0.717, 1.165) is 50.4 Å². The zero-order chi connectivity index (χ0) is 17.5. The van der Waals surface area contributed by atoms with Crippen LogP contribution < -0.4 is 4.74 Å². The van der Waals surface area contributed by atoms with E-state index < -0.39 is 0 Å². The van der Waals surface area contributed by atoms with Crippen molar-refractivity contribution < 1.29 is 13.9 Å². The minimum atomic E-state index is -0.328. The van der Waals surface area contributed by atoms with Gasteiger partial charge in [0.2, 0.25) is 0 Å². The van der Waals surface area contributed by atoms with Crippen LogP contribution in [0.3, 0.4) is 0 Å². The Kier molecular flexibility index (Phi) is 6.05. The fourth-order valence-electron chi connectivity index (χ4n) is 2.62. The number of ether oxygens (including phenoxy) is 2. The van der Waals surface area contributed by atoms with E-state index in [0.29, 0.717) is 11.5 Å². The van der Waals surface area contributed by atoms with E-state index in [1.165, 1.54) is 12.1 Å². The fourth-order valence-corrected chi connectivity index (χ4v) is 2.62. The third kappa shape index (κ3) is 5.32. The molecule has 25 heavy (non-hydrogen) atoms. The molecule has 1 heterocycles. The second-order valence-corrected chi connectivity index (χ2v) is 5.89. The Morgan fingerprint density at radius 3 is 2.76 bits per heavy atom. The highest BCUT2D eigenvalue weighted by molar-refractivity contribution is 5.47. The van der Waals surface area contributed by atoms with Crippen LogP contribution in [0, 0.1) is 24.6 Å². The average molecular weight is 338 g/mol. The van der Waals surface area contributed by atoms with Gasteiger partial charge in [0.1, 0.15) is 17.3 Å². The van der Waals surface area contributed by atoms with Crippen molar-refractivity contribution in [2.24, 2.45) is 0 Å². The highest BCUT2D eigenvalue weighted by Gasteiger charge is 2.08. The van der Waals surface area contributed by atoms with Crippen molar-refractivity contribution in [3.63, 3.8) is 0 Å². The van der Waals surface area contributed by atoms with Crippen LogP contribution in [0.5, 0.6) is 11.5 Å². The lowest BCUT2D eigenvalue weighted by molar-refractivity contribution is 0.0390. The molecule has 0 amide bonds. The molecule has 1 radical (unpaired) electrons. The Hall–Kier alpha value is -2.35. The number of rotatable bonds is 4. The molecule has 2 aromatic rings. The van der Waals surface area contributed by atoms with Crippen molar-refractivity contribution >= 4 is 0 Å². The van der Waals surface area contributed by atoms with E-state index in [4.69, 9.17) is 9.47 Å². The Labute approximate surface area is 148 Å². The smallest absolute Gasteiger partial charge is 0.130 e. The fraction of sp³-hybridized carbons (Fsp3) is 0.286. The van der Waals surface area contributed by atoms with Crippen LogP contribution in [0.2, 0.25) is 0 Å². The van der Waals surface area contributed by atoms with Crippen LogP contribution in [0.25, 0.3) is 0 Å². The van der Waals surface area contributed by atoms with Crippen LogP contribution in [-0.4, -0.2) is 37.7 Å². The lowest BCUT2D eigenvalue weighted by Crippen LogP contribution is -2.36. The van der Waals surface area contributed by atoms with Crippen LogP contribution in [0.1, 0.15) is 17.5 Å². The molecule has 0 atom stereocenters. The minimum Gasteiger partial charge on any atom is -0.457 e. The average Bonchev–Trinajstić information content (AvgIpc) is 2.62. The van der Waals surface area contributed by atoms with Crippen molar-refractivity contribution in [3.8, 4) is 23.3 Å². The summed E-state index contributed by atoms with van der Waals surface area (Å²) in [6, 6.07) is 11.6. The van der Waals surface area contributed by atoms with Crippen molar-refractivity contribution in [1.82, 2.24) is 4.90 Å². The van der Waals surface area contributed by atoms with Crippen LogP contribution >= 0.6 is 0 Å². The summed E-state index contributed by atoms with van der Waals surface area (Å²) in [7, 11) is 0. The molecule has 3 nitrogen and oxygen atoms in total. The van der Waals surface area contributed by atoms with Gasteiger partial charge in [0.15, 0.2) is 0 Å². The Balaban J connectivity index is 1.57. The highest BCUT2D eigenvalue weighted by Crippen LogP contribution is 2.26. The van der Waals surface area contributed by atoms with E-state index in [2.05, 4.69) is 23.7 Å². The summed E-state index contributed by atoms with van der Waals surface area (Å²) in [5.41, 5.74) is 1.63. The molecule has 0 unspecified atom stereocenters. The van der Waals surface area contributed by atoms with Gasteiger partial charge < -0.3 is 9.47 Å². The number of morpholine rings is 1. The number of hydrogen-bond donors (Lipinski definition) is 0. The van der Waals surface area contributed by atoms with Crippen molar-refractivity contribution in [2.75, 3.05) is 32.8 Å². The van der Waals surface area contributed by atoms with Crippen molar-refractivity contribution in [2.45, 2.75) is 6.42 Å². The van der Waals surface area contributed by atoms with E-state index in [9.17, 15) is 4.39 Å². The van der Waals surface area contributed by atoms with E-state index >= 15 is 0 Å². The second-order valence-electron chi connectivity index (χ2n) is 5.89. The zero-order valence-electron chi connectivity index (χ0n) is 14.1. The van der Waals surface area contributed by atoms with Gasteiger partial charge in [0, 0.05) is 37.7 Å². The SMILES string of the molecule is [CH2]c1cc(C#CCCN2CCOCC2)ccc1Oc1cccc(F)c1. The maximum Gasteiger partial charge on any atom is 0.130 e. The van der Waals surface area contributed by atoms with Gasteiger partial charge in [0.25, 0.3) is 0 Å². The molecule has 0 N–H and O–H groups in total. The maximum absolute atomic E-state index is 13.2. The Morgan fingerprint density at radius 1 is 1.16 bits per heavy atom. The minimum absolute atomic E-state index is 0.328. The van der Waals surface area contributed by atoms with Gasteiger partial charge in [-0.1, -0.05) is 17.9 Å². The molecule has 0 spiro atoms. The third-order valence-corrected chi connectivity index (χ3v) is 3.97. The standard InChI is InChI=1S/C21H21FNO2/c1-17-15-18(5-2-3-10-23-11-13-24-14-12-23)8-9-21(17)25-20-7-4-6-19(22)16-20/h4,6-9,15-16H,1,3,10-14H2. The van der Waals surface area contributed by atoms with Gasteiger partial charge >= 0.3 is 0 Å². The number of nitrogens with zero attached hydrogens (tertiary/aromatic N) is 1. The number of benzene rings is 2. The van der Waals surface area contributed by atoms with E-state index in [1.807, 2.05) is 18.2 Å². The molecule has 0 saturated carbocycles. The Morgan fingerprint density at radius 2 is 2.00 bits per heavy atom. The largest absolute Gasteiger partial charge is 0.457 e. The van der Waals surface area contributed by atoms with Crippen LogP contribution in [0.4, 0.5) is 4.39 Å². The molecular formula is C21H21FNO2. The zero-order valence-corrected chi connectivity index (χ0v) is 14.1. The molecule has 1 aliphatic heterocycles. The summed E-state index contributed by atoms with van der Waals surface area (Å²) in [6.07, 6.45) is 0.827. The summed E-state index contributed by atoms with van der Waals surface area (Å²) >= 11 is 0. The quantitative estimate of drug-likeness (QED) is 0.790. The van der Waals surface area contributed by atoms with E-state index in [-0.39, 0.29) is 5.82 Å². The molecule has 3 rings (SSSR count). The Bertz CT molecular complexity index is 773. The van der Waals surface area contributed by atoms with Crippen molar-refractivity contribution in [3.05, 3.63) is 66.3 Å². The molecule has 4 heteroatoms. The maximum atomic E-state index is 13.2. The predicted octanol–water partition coefficient (Wildman–Crippen LogP) is 3.87. The summed E-state index contributed by atoms with van der Waals surface area (Å²) in [4.78, 5) is 2.36. The molecule has 1 aliphatic rings.